The Balaban J connectivity index is 2.11. The Labute approximate surface area is 149 Å². The van der Waals surface area contributed by atoms with Gasteiger partial charge in [-0.3, -0.25) is 0 Å². The molecule has 3 rings (SSSR count). The van der Waals surface area contributed by atoms with E-state index in [1.54, 1.807) is 19.1 Å². The molecule has 0 unspecified atom stereocenters. The zero-order valence-electron chi connectivity index (χ0n) is 13.8. The molecule has 3 aromatic rings. The molecule has 0 spiro atoms. The maximum Gasteiger partial charge on any atom is 0.422 e. The quantitative estimate of drug-likeness (QED) is 0.553. The first-order chi connectivity index (χ1) is 12.5. The predicted molar refractivity (Wildman–Crippen MR) is 86.3 cm³/mol. The monoisotopic (exact) mass is 386 g/mol. The van der Waals surface area contributed by atoms with Crippen LogP contribution < -0.4 is 4.74 Å². The van der Waals surface area contributed by atoms with Gasteiger partial charge in [-0.15, -0.1) is 0 Å². The molecule has 27 heavy (non-hydrogen) atoms. The van der Waals surface area contributed by atoms with Crippen molar-refractivity contribution in [1.82, 2.24) is 9.97 Å². The van der Waals surface area contributed by atoms with Crippen LogP contribution in [0, 0.1) is 6.92 Å². The lowest BCUT2D eigenvalue weighted by atomic mass is 9.99. The molecule has 3 nitrogen and oxygen atoms in total. The maximum atomic E-state index is 13.0. The highest BCUT2D eigenvalue weighted by Gasteiger charge is 2.31. The summed E-state index contributed by atoms with van der Waals surface area (Å²) in [5.41, 5.74) is 0.906. The summed E-state index contributed by atoms with van der Waals surface area (Å²) in [7, 11) is 0. The molecule has 0 bridgehead atoms. The van der Waals surface area contributed by atoms with Gasteiger partial charge in [-0.25, -0.2) is 9.97 Å². The van der Waals surface area contributed by atoms with E-state index in [0.717, 1.165) is 18.3 Å². The second kappa shape index (κ2) is 6.71. The number of rotatable bonds is 3. The summed E-state index contributed by atoms with van der Waals surface area (Å²) in [5.74, 6) is -0.364. The molecule has 0 aliphatic heterocycles. The number of ether oxygens (including phenoxy) is 1. The number of aromatic nitrogens is 2. The molecule has 1 heterocycles. The minimum absolute atomic E-state index is 0.152. The number of nitrogens with zero attached hydrogens (tertiary/aromatic N) is 2. The van der Waals surface area contributed by atoms with Gasteiger partial charge in [0.2, 0.25) is 5.88 Å². The van der Waals surface area contributed by atoms with Crippen molar-refractivity contribution in [2.24, 2.45) is 0 Å². The standard InChI is InChI=1S/C18H12F6N2O/c1-10-5-13(11-3-2-4-12(7-11)18(22,23)24)16-14(6-10)25-8-15(26-16)27-9-17(19,20)21/h2-8H,9H2,1H3. The molecule has 1 aromatic heterocycles. The van der Waals surface area contributed by atoms with Crippen LogP contribution >= 0.6 is 0 Å². The number of hydrogen-bond donors (Lipinski definition) is 0. The lowest BCUT2D eigenvalue weighted by molar-refractivity contribution is -0.154. The van der Waals surface area contributed by atoms with Gasteiger partial charge in [0.05, 0.1) is 17.3 Å². The molecule has 9 heteroatoms. The Morgan fingerprint density at radius 1 is 1.00 bits per heavy atom. The lowest BCUT2D eigenvalue weighted by Crippen LogP contribution is -2.19. The SMILES string of the molecule is Cc1cc(-c2cccc(C(F)(F)F)c2)c2nc(OCC(F)(F)F)cnc2c1. The molecule has 0 saturated carbocycles. The summed E-state index contributed by atoms with van der Waals surface area (Å²) in [6.45, 7) is 0.185. The van der Waals surface area contributed by atoms with Crippen molar-refractivity contribution in [1.29, 1.82) is 0 Å². The highest BCUT2D eigenvalue weighted by Crippen LogP contribution is 2.35. The molecule has 2 aromatic carbocycles. The van der Waals surface area contributed by atoms with Crippen LogP contribution in [-0.4, -0.2) is 22.8 Å². The van der Waals surface area contributed by atoms with E-state index < -0.39 is 24.5 Å². The highest BCUT2D eigenvalue weighted by atomic mass is 19.4. The van der Waals surface area contributed by atoms with Crippen molar-refractivity contribution in [3.05, 3.63) is 53.7 Å². The van der Waals surface area contributed by atoms with Gasteiger partial charge < -0.3 is 4.74 Å². The molecule has 0 saturated heterocycles. The van der Waals surface area contributed by atoms with Gasteiger partial charge in [0, 0.05) is 5.56 Å². The van der Waals surface area contributed by atoms with Crippen LogP contribution in [0.2, 0.25) is 0 Å². The number of hydrogen-bond acceptors (Lipinski definition) is 3. The first-order valence-electron chi connectivity index (χ1n) is 7.67. The van der Waals surface area contributed by atoms with Gasteiger partial charge in [0.15, 0.2) is 6.61 Å². The normalized spacial score (nSPS) is 12.4. The second-order valence-electron chi connectivity index (χ2n) is 5.87. The molecule has 0 aliphatic carbocycles. The van der Waals surface area contributed by atoms with Crippen LogP contribution in [0.3, 0.4) is 0 Å². The smallest absolute Gasteiger partial charge is 0.422 e. The predicted octanol–water partition coefficient (Wildman–Crippen LogP) is 5.57. The van der Waals surface area contributed by atoms with E-state index in [9.17, 15) is 26.3 Å². The Morgan fingerprint density at radius 3 is 2.41 bits per heavy atom. The average molecular weight is 386 g/mol. The maximum absolute atomic E-state index is 13.0. The summed E-state index contributed by atoms with van der Waals surface area (Å²) in [5, 5.41) is 0. The summed E-state index contributed by atoms with van der Waals surface area (Å²) < 4.78 is 80.6. The Hall–Kier alpha value is -2.84. The third-order valence-corrected chi connectivity index (χ3v) is 3.65. The Morgan fingerprint density at radius 2 is 1.74 bits per heavy atom. The Kier molecular flexibility index (Phi) is 4.71. The van der Waals surface area contributed by atoms with Crippen LogP contribution in [0.1, 0.15) is 11.1 Å². The van der Waals surface area contributed by atoms with Crippen molar-refractivity contribution in [2.75, 3.05) is 6.61 Å². The van der Waals surface area contributed by atoms with E-state index in [4.69, 9.17) is 0 Å². The zero-order valence-corrected chi connectivity index (χ0v) is 13.8. The molecule has 0 amide bonds. The van der Waals surface area contributed by atoms with Gasteiger partial charge in [-0.05, 0) is 42.3 Å². The third kappa shape index (κ3) is 4.47. The van der Waals surface area contributed by atoms with E-state index in [2.05, 4.69) is 14.7 Å². The van der Waals surface area contributed by atoms with E-state index in [0.29, 0.717) is 16.6 Å². The summed E-state index contributed by atoms with van der Waals surface area (Å²) in [4.78, 5) is 8.04. The topological polar surface area (TPSA) is 35.0 Å². The highest BCUT2D eigenvalue weighted by molar-refractivity contribution is 5.92. The van der Waals surface area contributed by atoms with Gasteiger partial charge in [-0.1, -0.05) is 12.1 Å². The minimum atomic E-state index is -4.55. The number of aryl methyl sites for hydroxylation is 1. The van der Waals surface area contributed by atoms with E-state index in [1.165, 1.54) is 12.1 Å². The number of halogens is 6. The molecule has 0 fully saturated rings. The molecule has 0 radical (unpaired) electrons. The van der Waals surface area contributed by atoms with Crippen molar-refractivity contribution in [2.45, 2.75) is 19.3 Å². The summed E-state index contributed by atoms with van der Waals surface area (Å²) in [6, 6.07) is 7.84. The number of benzene rings is 2. The fraction of sp³-hybridized carbons (Fsp3) is 0.222. The lowest BCUT2D eigenvalue weighted by Gasteiger charge is -2.12. The van der Waals surface area contributed by atoms with Crippen LogP contribution in [-0.2, 0) is 6.18 Å². The van der Waals surface area contributed by atoms with Gasteiger partial charge in [-0.2, -0.15) is 26.3 Å². The van der Waals surface area contributed by atoms with Crippen molar-refractivity contribution in [3.8, 4) is 17.0 Å². The van der Waals surface area contributed by atoms with Gasteiger partial charge in [0.1, 0.15) is 5.52 Å². The zero-order chi connectivity index (χ0) is 19.8. The molecular weight excluding hydrogens is 374 g/mol. The third-order valence-electron chi connectivity index (χ3n) is 3.65. The van der Waals surface area contributed by atoms with Crippen molar-refractivity contribution in [3.63, 3.8) is 0 Å². The second-order valence-corrected chi connectivity index (χ2v) is 5.87. The van der Waals surface area contributed by atoms with E-state index in [-0.39, 0.29) is 17.0 Å². The number of alkyl halides is 6. The van der Waals surface area contributed by atoms with Crippen molar-refractivity contribution < 1.29 is 31.1 Å². The minimum Gasteiger partial charge on any atom is -0.467 e. The van der Waals surface area contributed by atoms with Crippen LogP contribution in [0.25, 0.3) is 22.2 Å². The Bertz CT molecular complexity index is 982. The summed E-state index contributed by atoms with van der Waals surface area (Å²) in [6.07, 6.45) is -8.03. The average Bonchev–Trinajstić information content (AvgIpc) is 2.58. The van der Waals surface area contributed by atoms with Crippen LogP contribution in [0.4, 0.5) is 26.3 Å². The molecule has 0 aliphatic rings. The van der Waals surface area contributed by atoms with Gasteiger partial charge in [0.25, 0.3) is 0 Å². The first kappa shape index (κ1) is 18.9. The fourth-order valence-corrected chi connectivity index (χ4v) is 2.55. The van der Waals surface area contributed by atoms with Gasteiger partial charge >= 0.3 is 12.4 Å². The van der Waals surface area contributed by atoms with E-state index >= 15 is 0 Å². The summed E-state index contributed by atoms with van der Waals surface area (Å²) >= 11 is 0. The molecular formula is C18H12F6N2O. The van der Waals surface area contributed by atoms with Crippen LogP contribution in [0.15, 0.2) is 42.6 Å². The first-order valence-corrected chi connectivity index (χ1v) is 7.67. The number of fused-ring (bicyclic) bond motifs is 1. The van der Waals surface area contributed by atoms with E-state index in [1.807, 2.05) is 0 Å². The fourth-order valence-electron chi connectivity index (χ4n) is 2.55. The van der Waals surface area contributed by atoms with Crippen LogP contribution in [0.5, 0.6) is 5.88 Å². The molecule has 0 N–H and O–H groups in total. The molecule has 142 valence electrons. The molecule has 0 atom stereocenters. The van der Waals surface area contributed by atoms with Crippen molar-refractivity contribution >= 4 is 11.0 Å². The largest absolute Gasteiger partial charge is 0.467 e.